The third kappa shape index (κ3) is 5.68. The Morgan fingerprint density at radius 2 is 1.61 bits per heavy atom. The van der Waals surface area contributed by atoms with Crippen molar-refractivity contribution in [2.45, 2.75) is 23.6 Å². The van der Waals surface area contributed by atoms with E-state index < -0.39 is 5.91 Å². The predicted molar refractivity (Wildman–Crippen MR) is 140 cm³/mol. The molecule has 1 aliphatic rings. The highest BCUT2D eigenvalue weighted by atomic mass is 35.5. The van der Waals surface area contributed by atoms with Crippen LogP contribution in [-0.2, 0) is 4.79 Å². The summed E-state index contributed by atoms with van der Waals surface area (Å²) in [7, 11) is 0. The fourth-order valence-corrected chi connectivity index (χ4v) is 5.37. The highest BCUT2D eigenvalue weighted by molar-refractivity contribution is 8.26. The molecule has 4 rings (SSSR count). The third-order valence-corrected chi connectivity index (χ3v) is 7.44. The maximum Gasteiger partial charge on any atom is 0.285 e. The Kier molecular flexibility index (Phi) is 7.24. The second-order valence-corrected chi connectivity index (χ2v) is 10.7. The third-order valence-electron chi connectivity index (χ3n) is 4.81. The molecule has 4 nitrogen and oxygen atoms in total. The number of rotatable bonds is 5. The zero-order valence-corrected chi connectivity index (χ0v) is 21.0. The lowest BCUT2D eigenvalue weighted by Crippen LogP contribution is -2.44. The van der Waals surface area contributed by atoms with Crippen molar-refractivity contribution in [1.29, 1.82) is 0 Å². The van der Waals surface area contributed by atoms with Crippen molar-refractivity contribution in [3.8, 4) is 0 Å². The lowest BCUT2D eigenvalue weighted by molar-refractivity contribution is -0.123. The topological polar surface area (TPSA) is 49.4 Å². The van der Waals surface area contributed by atoms with E-state index in [4.69, 9.17) is 23.8 Å². The van der Waals surface area contributed by atoms with E-state index in [1.54, 1.807) is 36.0 Å². The van der Waals surface area contributed by atoms with E-state index in [0.717, 1.165) is 32.8 Å². The first-order chi connectivity index (χ1) is 15.8. The van der Waals surface area contributed by atoms with Crippen LogP contribution in [0.4, 0.5) is 0 Å². The summed E-state index contributed by atoms with van der Waals surface area (Å²) < 4.78 is 0.259. The van der Waals surface area contributed by atoms with Gasteiger partial charge in [0.05, 0.1) is 15.5 Å². The molecule has 1 aliphatic heterocycles. The summed E-state index contributed by atoms with van der Waals surface area (Å²) in [4.78, 5) is 28.2. The lowest BCUT2D eigenvalue weighted by atomic mass is 10.1. The minimum Gasteiger partial charge on any atom is -0.267 e. The molecule has 0 aromatic heterocycles. The number of hydrazine groups is 1. The number of benzene rings is 3. The van der Waals surface area contributed by atoms with Gasteiger partial charge in [0.15, 0.2) is 4.32 Å². The highest BCUT2D eigenvalue weighted by Gasteiger charge is 2.34. The van der Waals surface area contributed by atoms with Crippen molar-refractivity contribution >= 4 is 69.6 Å². The number of carbonyl (C=O) groups excluding carboxylic acids is 2. The van der Waals surface area contributed by atoms with Crippen LogP contribution in [0.15, 0.2) is 81.4 Å². The Hall–Kier alpha value is -2.58. The Labute approximate surface area is 211 Å². The summed E-state index contributed by atoms with van der Waals surface area (Å²) in [6, 6.07) is 21.4. The Bertz CT molecular complexity index is 1270. The molecule has 1 heterocycles. The first kappa shape index (κ1) is 23.6. The number of thiocarbonyl (C=S) groups is 1. The van der Waals surface area contributed by atoms with Crippen molar-refractivity contribution in [2.75, 3.05) is 0 Å². The lowest BCUT2D eigenvalue weighted by Gasteiger charge is -2.16. The van der Waals surface area contributed by atoms with Gasteiger partial charge in [-0.1, -0.05) is 71.0 Å². The Morgan fingerprint density at radius 1 is 1.00 bits per heavy atom. The van der Waals surface area contributed by atoms with Crippen molar-refractivity contribution in [3.05, 3.63) is 98.9 Å². The van der Waals surface area contributed by atoms with Gasteiger partial charge in [-0.2, -0.15) is 5.01 Å². The molecular weight excluding hydrogens is 492 g/mol. The number of hydrogen-bond acceptors (Lipinski definition) is 5. The fraction of sp³-hybridized carbons (Fsp3) is 0.0800. The van der Waals surface area contributed by atoms with Gasteiger partial charge in [0.25, 0.3) is 11.8 Å². The van der Waals surface area contributed by atoms with Crippen LogP contribution in [-0.4, -0.2) is 21.1 Å². The predicted octanol–water partition coefficient (Wildman–Crippen LogP) is 6.65. The molecule has 0 saturated carbocycles. The van der Waals surface area contributed by atoms with Crippen LogP contribution in [0.2, 0.25) is 5.02 Å². The molecule has 1 saturated heterocycles. The number of aryl methyl sites for hydroxylation is 2. The summed E-state index contributed by atoms with van der Waals surface area (Å²) in [5, 5.41) is 1.41. The van der Waals surface area contributed by atoms with Crippen molar-refractivity contribution in [1.82, 2.24) is 10.4 Å². The van der Waals surface area contributed by atoms with Gasteiger partial charge in [-0.15, -0.1) is 0 Å². The molecule has 1 fully saturated rings. The molecular formula is C25H19ClN2O2S3. The van der Waals surface area contributed by atoms with Gasteiger partial charge >= 0.3 is 0 Å². The minimum atomic E-state index is -0.491. The average Bonchev–Trinajstić information content (AvgIpc) is 3.04. The molecule has 1 N–H and O–H groups in total. The van der Waals surface area contributed by atoms with Crippen LogP contribution in [0.1, 0.15) is 27.0 Å². The zero-order chi connectivity index (χ0) is 23.5. The summed E-state index contributed by atoms with van der Waals surface area (Å²) >= 11 is 14.3. The van der Waals surface area contributed by atoms with E-state index in [1.807, 2.05) is 31.2 Å². The van der Waals surface area contributed by atoms with Crippen LogP contribution in [0, 0.1) is 13.8 Å². The molecule has 0 aliphatic carbocycles. The zero-order valence-electron chi connectivity index (χ0n) is 17.8. The van der Waals surface area contributed by atoms with Crippen LogP contribution in [0.5, 0.6) is 0 Å². The van der Waals surface area contributed by atoms with Gasteiger partial charge in [-0.3, -0.25) is 15.0 Å². The molecule has 0 spiro atoms. The van der Waals surface area contributed by atoms with E-state index in [0.29, 0.717) is 9.93 Å². The van der Waals surface area contributed by atoms with E-state index in [-0.39, 0.29) is 15.8 Å². The summed E-state index contributed by atoms with van der Waals surface area (Å²) in [5.41, 5.74) is 5.88. The second kappa shape index (κ2) is 10.1. The molecule has 8 heteroatoms. The molecule has 3 aromatic carbocycles. The molecule has 0 atom stereocenters. The van der Waals surface area contributed by atoms with Gasteiger partial charge in [0, 0.05) is 9.79 Å². The van der Waals surface area contributed by atoms with Crippen molar-refractivity contribution in [2.24, 2.45) is 0 Å². The molecule has 0 unspecified atom stereocenters. The van der Waals surface area contributed by atoms with Crippen LogP contribution in [0.3, 0.4) is 0 Å². The Morgan fingerprint density at radius 3 is 2.24 bits per heavy atom. The number of thioether (sulfide) groups is 1. The summed E-state index contributed by atoms with van der Waals surface area (Å²) in [6.45, 7) is 3.95. The summed E-state index contributed by atoms with van der Waals surface area (Å²) in [6.07, 6.45) is 1.77. The number of nitrogens with zero attached hydrogens (tertiary/aromatic N) is 1. The quantitative estimate of drug-likeness (QED) is 0.307. The number of amides is 2. The van der Waals surface area contributed by atoms with Gasteiger partial charge in [-0.05, 0) is 79.7 Å². The van der Waals surface area contributed by atoms with E-state index in [2.05, 4.69) is 36.6 Å². The molecule has 166 valence electrons. The maximum absolute atomic E-state index is 12.9. The van der Waals surface area contributed by atoms with Crippen molar-refractivity contribution in [3.63, 3.8) is 0 Å². The Balaban J connectivity index is 1.44. The van der Waals surface area contributed by atoms with Crippen LogP contribution in [0.25, 0.3) is 6.08 Å². The van der Waals surface area contributed by atoms with E-state index in [9.17, 15) is 9.59 Å². The van der Waals surface area contributed by atoms with Crippen LogP contribution < -0.4 is 5.43 Å². The molecule has 0 bridgehead atoms. The SMILES string of the molecule is Cc1ccc(Sc2ccc(/C=C3\SC(=S)N(NC(=O)c4ccc(C)cc4Cl)C3=O)cc2)cc1. The average molecular weight is 511 g/mol. The smallest absolute Gasteiger partial charge is 0.267 e. The fourth-order valence-electron chi connectivity index (χ4n) is 3.06. The molecule has 2 amide bonds. The van der Waals surface area contributed by atoms with Gasteiger partial charge in [0.2, 0.25) is 0 Å². The largest absolute Gasteiger partial charge is 0.285 e. The van der Waals surface area contributed by atoms with E-state index >= 15 is 0 Å². The molecule has 3 aromatic rings. The number of nitrogens with one attached hydrogen (secondary N) is 1. The van der Waals surface area contributed by atoms with Crippen LogP contribution >= 0.6 is 47.3 Å². The monoisotopic (exact) mass is 510 g/mol. The standard InChI is InChI=1S/C25H19ClN2O2S3/c1-15-3-8-18(9-4-15)32-19-10-6-17(7-11-19)14-22-24(30)28(25(31)33-22)27-23(29)20-12-5-16(2)13-21(20)26/h3-14H,1-2H3,(H,27,29)/b22-14-. The normalized spacial score (nSPS) is 14.8. The van der Waals surface area contributed by atoms with Crippen molar-refractivity contribution < 1.29 is 9.59 Å². The summed E-state index contributed by atoms with van der Waals surface area (Å²) in [5.74, 6) is -0.866. The molecule has 33 heavy (non-hydrogen) atoms. The van der Waals surface area contributed by atoms with E-state index in [1.165, 1.54) is 10.5 Å². The highest BCUT2D eigenvalue weighted by Crippen LogP contribution is 2.33. The number of carbonyl (C=O) groups is 2. The molecule has 0 radical (unpaired) electrons. The maximum atomic E-state index is 12.9. The number of halogens is 1. The van der Waals surface area contributed by atoms with Gasteiger partial charge in [-0.25, -0.2) is 0 Å². The second-order valence-electron chi connectivity index (χ2n) is 7.43. The first-order valence-electron chi connectivity index (χ1n) is 10.00. The first-order valence-corrected chi connectivity index (χ1v) is 12.4. The number of hydrogen-bond donors (Lipinski definition) is 1. The minimum absolute atomic E-state index is 0.259. The van der Waals surface area contributed by atoms with Gasteiger partial charge < -0.3 is 0 Å². The van der Waals surface area contributed by atoms with Gasteiger partial charge in [0.1, 0.15) is 0 Å².